The number of nitrogens with zero attached hydrogens (tertiary/aromatic N) is 2. The number of aromatic nitrogens is 3. The van der Waals surface area contributed by atoms with E-state index in [4.69, 9.17) is 4.74 Å². The van der Waals surface area contributed by atoms with E-state index in [9.17, 15) is 4.79 Å². The van der Waals surface area contributed by atoms with Gasteiger partial charge in [-0.05, 0) is 68.8 Å². The molecule has 0 unspecified atom stereocenters. The molecule has 0 fully saturated rings. The lowest BCUT2D eigenvalue weighted by Gasteiger charge is -2.29. The highest BCUT2D eigenvalue weighted by Gasteiger charge is 2.26. The predicted octanol–water partition coefficient (Wildman–Crippen LogP) is 6.05. The standard InChI is InChI=1S/C26H28N4O2/c1-25(2,3)32-24(31)29-26(4,5)19-9-6-17(7-10-19)20-11-8-18-16-27-14-12-21(18)23(20)22-13-15-28-30-22/h6-16H,1-5H3,(H,28,30)(H,29,31). The van der Waals surface area contributed by atoms with E-state index < -0.39 is 17.2 Å². The van der Waals surface area contributed by atoms with Gasteiger partial charge in [0.25, 0.3) is 0 Å². The van der Waals surface area contributed by atoms with E-state index in [0.717, 1.165) is 38.7 Å². The van der Waals surface area contributed by atoms with Crippen molar-refractivity contribution in [1.29, 1.82) is 0 Å². The number of hydrogen-bond donors (Lipinski definition) is 2. The lowest BCUT2D eigenvalue weighted by atomic mass is 9.89. The van der Waals surface area contributed by atoms with Crippen molar-refractivity contribution < 1.29 is 9.53 Å². The van der Waals surface area contributed by atoms with Gasteiger partial charge < -0.3 is 10.1 Å². The number of carbonyl (C=O) groups is 1. The molecule has 2 heterocycles. The molecule has 2 aromatic carbocycles. The van der Waals surface area contributed by atoms with Crippen LogP contribution in [0, 0.1) is 0 Å². The monoisotopic (exact) mass is 428 g/mol. The summed E-state index contributed by atoms with van der Waals surface area (Å²) in [5.41, 5.74) is 4.07. The minimum Gasteiger partial charge on any atom is -0.444 e. The van der Waals surface area contributed by atoms with Gasteiger partial charge in [-0.15, -0.1) is 0 Å². The quantitative estimate of drug-likeness (QED) is 0.414. The first kappa shape index (κ1) is 21.6. The first-order valence-corrected chi connectivity index (χ1v) is 10.6. The number of rotatable bonds is 4. The largest absolute Gasteiger partial charge is 0.444 e. The van der Waals surface area contributed by atoms with E-state index in [0.29, 0.717) is 0 Å². The summed E-state index contributed by atoms with van der Waals surface area (Å²) in [5.74, 6) is 0. The van der Waals surface area contributed by atoms with E-state index in [1.807, 2.05) is 65.1 Å². The molecule has 0 spiro atoms. The fourth-order valence-corrected chi connectivity index (χ4v) is 3.79. The number of carbonyl (C=O) groups excluding carboxylic acids is 1. The summed E-state index contributed by atoms with van der Waals surface area (Å²) in [4.78, 5) is 16.5. The minimum absolute atomic E-state index is 0.434. The molecule has 4 rings (SSSR count). The van der Waals surface area contributed by atoms with Crippen molar-refractivity contribution in [2.24, 2.45) is 0 Å². The summed E-state index contributed by atoms with van der Waals surface area (Å²) >= 11 is 0. The summed E-state index contributed by atoms with van der Waals surface area (Å²) < 4.78 is 5.42. The second-order valence-corrected chi connectivity index (χ2v) is 9.38. The third-order valence-corrected chi connectivity index (χ3v) is 5.32. The molecule has 0 aliphatic heterocycles. The van der Waals surface area contributed by atoms with Crippen LogP contribution >= 0.6 is 0 Å². The van der Waals surface area contributed by atoms with Crippen molar-refractivity contribution in [3.63, 3.8) is 0 Å². The van der Waals surface area contributed by atoms with E-state index in [1.54, 1.807) is 12.4 Å². The van der Waals surface area contributed by atoms with Gasteiger partial charge in [-0.25, -0.2) is 4.79 Å². The summed E-state index contributed by atoms with van der Waals surface area (Å²) in [6, 6.07) is 16.4. The zero-order valence-electron chi connectivity index (χ0n) is 19.1. The molecule has 2 aromatic heterocycles. The number of amides is 1. The van der Waals surface area contributed by atoms with Gasteiger partial charge in [0.15, 0.2) is 0 Å². The van der Waals surface area contributed by atoms with Gasteiger partial charge in [-0.1, -0.05) is 36.4 Å². The molecule has 0 aliphatic carbocycles. The molecule has 0 atom stereocenters. The van der Waals surface area contributed by atoms with Crippen molar-refractivity contribution in [1.82, 2.24) is 20.5 Å². The van der Waals surface area contributed by atoms with Gasteiger partial charge in [0.05, 0.1) is 11.2 Å². The lowest BCUT2D eigenvalue weighted by Crippen LogP contribution is -2.43. The van der Waals surface area contributed by atoms with Gasteiger partial charge in [-0.3, -0.25) is 10.1 Å². The van der Waals surface area contributed by atoms with Crippen molar-refractivity contribution in [2.75, 3.05) is 0 Å². The van der Waals surface area contributed by atoms with Crippen LogP contribution in [-0.2, 0) is 10.3 Å². The average Bonchev–Trinajstić information content (AvgIpc) is 3.25. The van der Waals surface area contributed by atoms with Crippen LogP contribution in [-0.4, -0.2) is 26.9 Å². The Morgan fingerprint density at radius 2 is 1.69 bits per heavy atom. The molecule has 4 aromatic rings. The first-order valence-electron chi connectivity index (χ1n) is 10.6. The Kier molecular flexibility index (Phi) is 5.46. The topological polar surface area (TPSA) is 79.9 Å². The Hall–Kier alpha value is -3.67. The van der Waals surface area contributed by atoms with Crippen LogP contribution in [0.15, 0.2) is 67.1 Å². The maximum absolute atomic E-state index is 12.3. The van der Waals surface area contributed by atoms with Crippen LogP contribution in [0.1, 0.15) is 40.2 Å². The Balaban J connectivity index is 1.69. The van der Waals surface area contributed by atoms with E-state index in [1.165, 1.54) is 0 Å². The first-order chi connectivity index (χ1) is 15.1. The molecule has 6 heteroatoms. The molecule has 0 saturated heterocycles. The fraction of sp³-hybridized carbons (Fsp3) is 0.269. The molecule has 0 bridgehead atoms. The van der Waals surface area contributed by atoms with Gasteiger partial charge in [0, 0.05) is 29.5 Å². The molecule has 164 valence electrons. The van der Waals surface area contributed by atoms with Crippen LogP contribution in [0.5, 0.6) is 0 Å². The van der Waals surface area contributed by atoms with Crippen LogP contribution < -0.4 is 5.32 Å². The Morgan fingerprint density at radius 1 is 0.938 bits per heavy atom. The molecule has 0 aliphatic rings. The lowest BCUT2D eigenvalue weighted by molar-refractivity contribution is 0.0470. The van der Waals surface area contributed by atoms with Crippen molar-refractivity contribution in [2.45, 2.75) is 45.8 Å². The summed E-state index contributed by atoms with van der Waals surface area (Å²) in [6.07, 6.45) is 5.00. The van der Waals surface area contributed by atoms with Crippen LogP contribution in [0.2, 0.25) is 0 Å². The van der Waals surface area contributed by atoms with Crippen LogP contribution in [0.4, 0.5) is 4.79 Å². The third kappa shape index (κ3) is 4.49. The molecular weight excluding hydrogens is 400 g/mol. The Bertz CT molecular complexity index is 1240. The van der Waals surface area contributed by atoms with Crippen molar-refractivity contribution in [3.05, 3.63) is 72.7 Å². The van der Waals surface area contributed by atoms with Crippen LogP contribution in [0.25, 0.3) is 33.2 Å². The summed E-state index contributed by atoms with van der Waals surface area (Å²) in [5, 5.41) is 12.4. The van der Waals surface area contributed by atoms with E-state index in [-0.39, 0.29) is 0 Å². The molecular formula is C26H28N4O2. The number of nitrogens with one attached hydrogen (secondary N) is 2. The SMILES string of the molecule is CC(C)(C)OC(=O)NC(C)(C)c1ccc(-c2ccc3cnccc3c2-c2ccn[nH]2)cc1. The average molecular weight is 429 g/mol. The number of hydrogen-bond acceptors (Lipinski definition) is 4. The van der Waals surface area contributed by atoms with Crippen LogP contribution in [0.3, 0.4) is 0 Å². The zero-order valence-corrected chi connectivity index (χ0v) is 19.1. The zero-order chi connectivity index (χ0) is 22.9. The number of benzene rings is 2. The predicted molar refractivity (Wildman–Crippen MR) is 127 cm³/mol. The highest BCUT2D eigenvalue weighted by Crippen LogP contribution is 2.37. The maximum Gasteiger partial charge on any atom is 0.408 e. The molecule has 0 radical (unpaired) electrons. The Labute approximate surface area is 188 Å². The highest BCUT2D eigenvalue weighted by atomic mass is 16.6. The highest BCUT2D eigenvalue weighted by molar-refractivity contribution is 6.02. The van der Waals surface area contributed by atoms with Gasteiger partial charge in [0.1, 0.15) is 5.60 Å². The number of fused-ring (bicyclic) bond motifs is 1. The second kappa shape index (κ2) is 8.11. The minimum atomic E-state index is -0.581. The van der Waals surface area contributed by atoms with Gasteiger partial charge >= 0.3 is 6.09 Å². The van der Waals surface area contributed by atoms with Gasteiger partial charge in [-0.2, -0.15) is 5.10 Å². The Morgan fingerprint density at radius 3 is 2.34 bits per heavy atom. The molecule has 0 saturated carbocycles. The maximum atomic E-state index is 12.3. The molecule has 32 heavy (non-hydrogen) atoms. The fourth-order valence-electron chi connectivity index (χ4n) is 3.79. The molecule has 2 N–H and O–H groups in total. The summed E-state index contributed by atoms with van der Waals surface area (Å²) in [7, 11) is 0. The summed E-state index contributed by atoms with van der Waals surface area (Å²) in [6.45, 7) is 9.48. The van der Waals surface area contributed by atoms with E-state index in [2.05, 4.69) is 44.8 Å². The number of pyridine rings is 1. The van der Waals surface area contributed by atoms with Gasteiger partial charge in [0.2, 0.25) is 0 Å². The molecule has 1 amide bonds. The third-order valence-electron chi connectivity index (χ3n) is 5.32. The van der Waals surface area contributed by atoms with E-state index >= 15 is 0 Å². The molecule has 6 nitrogen and oxygen atoms in total. The van der Waals surface area contributed by atoms with Crippen molar-refractivity contribution >= 4 is 16.9 Å². The van der Waals surface area contributed by atoms with Crippen molar-refractivity contribution in [3.8, 4) is 22.4 Å². The number of aromatic amines is 1. The number of alkyl carbamates (subject to hydrolysis) is 1. The smallest absolute Gasteiger partial charge is 0.408 e. The second-order valence-electron chi connectivity index (χ2n) is 9.38. The normalized spacial score (nSPS) is 12.0. The number of H-pyrrole nitrogens is 1. The number of ether oxygens (including phenoxy) is 1.